The molecule has 1 fully saturated rings. The Hall–Kier alpha value is -0.670. The average molecular weight is 389 g/mol. The van der Waals surface area contributed by atoms with Crippen molar-refractivity contribution >= 4 is 39.9 Å². The van der Waals surface area contributed by atoms with Crippen LogP contribution in [0.1, 0.15) is 12.8 Å². The lowest BCUT2D eigenvalue weighted by Gasteiger charge is -2.30. The van der Waals surface area contributed by atoms with Crippen LogP contribution in [0.25, 0.3) is 11.4 Å². The molecule has 0 aromatic carbocycles. The van der Waals surface area contributed by atoms with E-state index < -0.39 is 0 Å². The number of hydrogen-bond acceptors (Lipinski definition) is 5. The number of halogens is 1. The van der Waals surface area contributed by atoms with Gasteiger partial charge in [-0.2, -0.15) is 4.98 Å². The number of nitrogens with one attached hydrogen (secondary N) is 1. The molecule has 1 aliphatic heterocycles. The van der Waals surface area contributed by atoms with E-state index in [1.165, 1.54) is 2.88 Å². The highest BCUT2D eigenvalue weighted by molar-refractivity contribution is 14.1. The summed E-state index contributed by atoms with van der Waals surface area (Å²) in [5.41, 5.74) is 6.83. The Labute approximate surface area is 129 Å². The molecule has 19 heavy (non-hydrogen) atoms. The molecule has 3 N–H and O–H groups in total. The highest BCUT2D eigenvalue weighted by Gasteiger charge is 2.21. The number of nitrogens with two attached hydrogens (primary N) is 1. The molecule has 102 valence electrons. The fourth-order valence-corrected chi connectivity index (χ4v) is 3.66. The van der Waals surface area contributed by atoms with Crippen LogP contribution in [0.3, 0.4) is 0 Å². The molecule has 2 aromatic heterocycles. The molecule has 0 spiro atoms. The van der Waals surface area contributed by atoms with Crippen molar-refractivity contribution in [2.45, 2.75) is 12.8 Å². The number of aromatic amines is 1. The van der Waals surface area contributed by atoms with Crippen LogP contribution in [0.15, 0.2) is 11.4 Å². The molecule has 5 nitrogen and oxygen atoms in total. The minimum absolute atomic E-state index is 0.660. The summed E-state index contributed by atoms with van der Waals surface area (Å²) in [5.74, 6) is 2.33. The molecule has 0 atom stereocenters. The molecule has 1 aliphatic rings. The lowest BCUT2D eigenvalue weighted by Crippen LogP contribution is -2.36. The Bertz CT molecular complexity index is 544. The van der Waals surface area contributed by atoms with Gasteiger partial charge in [-0.15, -0.1) is 16.4 Å². The van der Waals surface area contributed by atoms with Crippen molar-refractivity contribution in [1.29, 1.82) is 0 Å². The number of hydrogen-bond donors (Lipinski definition) is 2. The summed E-state index contributed by atoms with van der Waals surface area (Å²) in [6.07, 6.45) is 2.27. The number of aromatic nitrogens is 3. The minimum atomic E-state index is 0.660. The summed E-state index contributed by atoms with van der Waals surface area (Å²) in [7, 11) is 0. The normalized spacial score (nSPS) is 17.1. The van der Waals surface area contributed by atoms with Crippen LogP contribution in [-0.4, -0.2) is 34.8 Å². The maximum absolute atomic E-state index is 5.71. The van der Waals surface area contributed by atoms with E-state index in [1.807, 2.05) is 0 Å². The quantitative estimate of drug-likeness (QED) is 0.791. The fourth-order valence-electron chi connectivity index (χ4n) is 2.33. The molecular weight excluding hydrogens is 373 g/mol. The second-order valence-electron chi connectivity index (χ2n) is 4.79. The zero-order valence-corrected chi connectivity index (χ0v) is 13.4. The molecule has 0 amide bonds. The third-order valence-corrected chi connectivity index (χ3v) is 5.33. The van der Waals surface area contributed by atoms with Gasteiger partial charge in [0.15, 0.2) is 5.82 Å². The van der Waals surface area contributed by atoms with Gasteiger partial charge in [0.2, 0.25) is 5.95 Å². The van der Waals surface area contributed by atoms with Gasteiger partial charge in [-0.3, -0.25) is 5.10 Å². The largest absolute Gasteiger partial charge is 0.340 e. The van der Waals surface area contributed by atoms with Crippen LogP contribution in [0, 0.1) is 8.80 Å². The first-order valence-corrected chi connectivity index (χ1v) is 8.34. The lowest BCUT2D eigenvalue weighted by atomic mass is 9.97. The van der Waals surface area contributed by atoms with Gasteiger partial charge < -0.3 is 10.6 Å². The van der Waals surface area contributed by atoms with Crippen molar-refractivity contribution in [2.75, 3.05) is 24.5 Å². The monoisotopic (exact) mass is 389 g/mol. The zero-order chi connectivity index (χ0) is 13.2. The van der Waals surface area contributed by atoms with E-state index in [9.17, 15) is 0 Å². The Morgan fingerprint density at radius 3 is 2.89 bits per heavy atom. The Morgan fingerprint density at radius 2 is 2.26 bits per heavy atom. The van der Waals surface area contributed by atoms with E-state index in [4.69, 9.17) is 5.73 Å². The molecule has 0 unspecified atom stereocenters. The third-order valence-electron chi connectivity index (χ3n) is 3.55. The van der Waals surface area contributed by atoms with E-state index >= 15 is 0 Å². The first kappa shape index (κ1) is 13.3. The number of H-pyrrole nitrogens is 1. The summed E-state index contributed by atoms with van der Waals surface area (Å²) in [6.45, 7) is 2.79. The van der Waals surface area contributed by atoms with Crippen LogP contribution in [0.2, 0.25) is 0 Å². The first-order chi connectivity index (χ1) is 9.26. The van der Waals surface area contributed by atoms with Gasteiger partial charge in [0.25, 0.3) is 0 Å². The van der Waals surface area contributed by atoms with Crippen molar-refractivity contribution in [3.63, 3.8) is 0 Å². The number of rotatable bonds is 3. The number of nitrogens with zero attached hydrogens (tertiary/aromatic N) is 3. The predicted octanol–water partition coefficient (Wildman–Crippen LogP) is 2.31. The van der Waals surface area contributed by atoms with E-state index in [-0.39, 0.29) is 0 Å². The second kappa shape index (κ2) is 5.76. The number of thiophene rings is 1. The maximum atomic E-state index is 5.71. The van der Waals surface area contributed by atoms with Crippen molar-refractivity contribution in [3.05, 3.63) is 14.3 Å². The second-order valence-corrected chi connectivity index (χ2v) is 7.60. The smallest absolute Gasteiger partial charge is 0.245 e. The molecule has 3 rings (SSSR count). The van der Waals surface area contributed by atoms with Crippen molar-refractivity contribution in [3.8, 4) is 11.4 Å². The standard InChI is InChI=1S/C12H16IN5S/c13-10-5-9(7-19-10)11-15-12(17-16-11)18-3-1-8(6-14)2-4-18/h5,7-8H,1-4,6,14H2,(H,15,16,17). The Kier molecular flexibility index (Phi) is 4.04. The van der Waals surface area contributed by atoms with Gasteiger partial charge >= 0.3 is 0 Å². The SMILES string of the molecule is NCC1CCN(c2n[nH]c(-c3csc(I)c3)n2)CC1. The van der Waals surface area contributed by atoms with Crippen LogP contribution in [-0.2, 0) is 0 Å². The summed E-state index contributed by atoms with van der Waals surface area (Å²) in [6, 6.07) is 2.12. The highest BCUT2D eigenvalue weighted by atomic mass is 127. The number of piperidine rings is 1. The molecule has 0 radical (unpaired) electrons. The number of anilines is 1. The maximum Gasteiger partial charge on any atom is 0.245 e. The van der Waals surface area contributed by atoms with Crippen LogP contribution < -0.4 is 10.6 Å². The summed E-state index contributed by atoms with van der Waals surface area (Å²) in [4.78, 5) is 6.84. The molecule has 2 aromatic rings. The van der Waals surface area contributed by atoms with E-state index in [2.05, 4.69) is 54.1 Å². The lowest BCUT2D eigenvalue weighted by molar-refractivity contribution is 0.411. The van der Waals surface area contributed by atoms with Crippen LogP contribution >= 0.6 is 33.9 Å². The van der Waals surface area contributed by atoms with Gasteiger partial charge in [0.1, 0.15) is 0 Å². The minimum Gasteiger partial charge on any atom is -0.340 e. The van der Waals surface area contributed by atoms with Crippen LogP contribution in [0.4, 0.5) is 5.95 Å². The van der Waals surface area contributed by atoms with Gasteiger partial charge in [0, 0.05) is 24.0 Å². The predicted molar refractivity (Wildman–Crippen MR) is 86.4 cm³/mol. The molecule has 0 aliphatic carbocycles. The zero-order valence-electron chi connectivity index (χ0n) is 10.5. The third kappa shape index (κ3) is 2.92. The summed E-state index contributed by atoms with van der Waals surface area (Å²) in [5, 5.41) is 9.47. The molecule has 1 saturated heterocycles. The Morgan fingerprint density at radius 1 is 1.47 bits per heavy atom. The molecule has 7 heteroatoms. The van der Waals surface area contributed by atoms with Crippen LogP contribution in [0.5, 0.6) is 0 Å². The summed E-state index contributed by atoms with van der Waals surface area (Å²) >= 11 is 4.04. The van der Waals surface area contributed by atoms with Gasteiger partial charge in [-0.1, -0.05) is 0 Å². The molecule has 0 bridgehead atoms. The molecule has 0 saturated carbocycles. The van der Waals surface area contributed by atoms with E-state index in [0.29, 0.717) is 5.92 Å². The van der Waals surface area contributed by atoms with Crippen molar-refractivity contribution < 1.29 is 0 Å². The highest BCUT2D eigenvalue weighted by Crippen LogP contribution is 2.26. The fraction of sp³-hybridized carbons (Fsp3) is 0.500. The van der Waals surface area contributed by atoms with Gasteiger partial charge in [-0.05, 0) is 54.0 Å². The van der Waals surface area contributed by atoms with Gasteiger partial charge in [-0.25, -0.2) is 0 Å². The first-order valence-electron chi connectivity index (χ1n) is 6.38. The molecule has 3 heterocycles. The topological polar surface area (TPSA) is 70.8 Å². The van der Waals surface area contributed by atoms with E-state index in [1.54, 1.807) is 11.3 Å². The average Bonchev–Trinajstić information content (AvgIpc) is 3.07. The van der Waals surface area contributed by atoms with Gasteiger partial charge in [0.05, 0.1) is 2.88 Å². The van der Waals surface area contributed by atoms with Crippen molar-refractivity contribution in [1.82, 2.24) is 15.2 Å². The van der Waals surface area contributed by atoms with Crippen molar-refractivity contribution in [2.24, 2.45) is 11.7 Å². The summed E-state index contributed by atoms with van der Waals surface area (Å²) < 4.78 is 1.26. The Balaban J connectivity index is 1.72. The molecular formula is C12H16IN5S. The van der Waals surface area contributed by atoms with E-state index in [0.717, 1.165) is 49.8 Å².